The van der Waals surface area contributed by atoms with Gasteiger partial charge in [-0.1, -0.05) is 368 Å². The maximum atomic E-state index is 13.1. The van der Waals surface area contributed by atoms with Crippen LogP contribution < -0.4 is 0 Å². The molecule has 0 aromatic rings. The van der Waals surface area contributed by atoms with E-state index in [0.29, 0.717) is 25.7 Å². The predicted molar refractivity (Wildman–Crippen MR) is 423 cm³/mol. The predicted octanol–water partition coefficient (Wildman–Crippen LogP) is 25.0. The maximum absolute atomic E-state index is 13.1. The maximum Gasteiger partial charge on any atom is 0.472 e. The summed E-state index contributed by atoms with van der Waals surface area (Å²) in [5, 5.41) is 10.7. The molecule has 0 bridgehead atoms. The Balaban J connectivity index is 5.26. The van der Waals surface area contributed by atoms with E-state index in [4.69, 9.17) is 37.0 Å². The van der Waals surface area contributed by atoms with Gasteiger partial charge in [0.1, 0.15) is 19.3 Å². The van der Waals surface area contributed by atoms with Crippen LogP contribution in [0.1, 0.15) is 420 Å². The first-order chi connectivity index (χ1) is 49.9. The van der Waals surface area contributed by atoms with Gasteiger partial charge in [-0.2, -0.15) is 0 Å². The fourth-order valence-electron chi connectivity index (χ4n) is 12.5. The van der Waals surface area contributed by atoms with E-state index in [1.807, 2.05) is 0 Å². The van der Waals surface area contributed by atoms with Crippen molar-refractivity contribution < 1.29 is 80.2 Å². The van der Waals surface area contributed by atoms with Crippen LogP contribution in [0.25, 0.3) is 0 Å². The number of esters is 4. The van der Waals surface area contributed by atoms with Crippen LogP contribution >= 0.6 is 15.6 Å². The van der Waals surface area contributed by atoms with Crippen molar-refractivity contribution in [3.8, 4) is 0 Å². The number of allylic oxidation sites excluding steroid dienone is 4. The van der Waals surface area contributed by atoms with Crippen LogP contribution in [0.4, 0.5) is 0 Å². The van der Waals surface area contributed by atoms with Gasteiger partial charge in [0.2, 0.25) is 0 Å². The molecule has 103 heavy (non-hydrogen) atoms. The Hall–Kier alpha value is -2.46. The van der Waals surface area contributed by atoms with E-state index in [-0.39, 0.29) is 25.7 Å². The van der Waals surface area contributed by atoms with Crippen LogP contribution in [0.2, 0.25) is 0 Å². The third-order valence-corrected chi connectivity index (χ3v) is 21.0. The average molecular weight is 1500 g/mol. The van der Waals surface area contributed by atoms with Crippen molar-refractivity contribution in [2.45, 2.75) is 439 Å². The fourth-order valence-corrected chi connectivity index (χ4v) is 14.1. The van der Waals surface area contributed by atoms with Crippen molar-refractivity contribution >= 4 is 39.5 Å². The minimum Gasteiger partial charge on any atom is -0.462 e. The largest absolute Gasteiger partial charge is 0.472 e. The average Bonchev–Trinajstić information content (AvgIpc) is 0.922. The van der Waals surface area contributed by atoms with Crippen LogP contribution in [0.5, 0.6) is 0 Å². The molecule has 0 radical (unpaired) electrons. The van der Waals surface area contributed by atoms with Gasteiger partial charge in [-0.3, -0.25) is 37.3 Å². The Labute approximate surface area is 631 Å². The molecule has 0 amide bonds. The molecule has 5 atom stereocenters. The summed E-state index contributed by atoms with van der Waals surface area (Å²) in [7, 11) is -9.94. The Bertz CT molecular complexity index is 2070. The van der Waals surface area contributed by atoms with Gasteiger partial charge in [-0.15, -0.1) is 0 Å². The minimum absolute atomic E-state index is 0.0854. The molecule has 0 rings (SSSR count). The summed E-state index contributed by atoms with van der Waals surface area (Å²) in [5.74, 6) is -0.516. The Morgan fingerprint density at radius 3 is 0.796 bits per heavy atom. The number of carbonyl (C=O) groups is 4. The van der Waals surface area contributed by atoms with Gasteiger partial charge in [0, 0.05) is 25.7 Å². The number of hydrogen-bond acceptors (Lipinski definition) is 15. The normalized spacial score (nSPS) is 14.0. The van der Waals surface area contributed by atoms with Gasteiger partial charge in [-0.05, 0) is 63.2 Å². The van der Waals surface area contributed by atoms with E-state index < -0.39 is 97.5 Å². The van der Waals surface area contributed by atoms with Crippen LogP contribution in [0.15, 0.2) is 24.3 Å². The summed E-state index contributed by atoms with van der Waals surface area (Å²) in [4.78, 5) is 73.1. The van der Waals surface area contributed by atoms with Crippen LogP contribution in [-0.4, -0.2) is 96.7 Å². The van der Waals surface area contributed by atoms with Gasteiger partial charge in [0.25, 0.3) is 0 Å². The summed E-state index contributed by atoms with van der Waals surface area (Å²) in [5.41, 5.74) is 0. The zero-order valence-corrected chi connectivity index (χ0v) is 68.9. The van der Waals surface area contributed by atoms with Crippen LogP contribution in [0.3, 0.4) is 0 Å². The molecule has 0 fully saturated rings. The fraction of sp³-hybridized carbons (Fsp3) is 0.905. The van der Waals surface area contributed by atoms with Gasteiger partial charge in [0.15, 0.2) is 12.2 Å². The first-order valence-corrected chi connectivity index (χ1v) is 45.8. The molecule has 17 nitrogen and oxygen atoms in total. The van der Waals surface area contributed by atoms with Crippen molar-refractivity contribution in [1.29, 1.82) is 0 Å². The highest BCUT2D eigenvalue weighted by Gasteiger charge is 2.30. The molecule has 0 saturated carbocycles. The smallest absolute Gasteiger partial charge is 0.462 e. The number of hydrogen-bond donors (Lipinski definition) is 3. The molecule has 0 saturated heterocycles. The number of rotatable bonds is 81. The van der Waals surface area contributed by atoms with Gasteiger partial charge in [-0.25, -0.2) is 9.13 Å². The van der Waals surface area contributed by atoms with Crippen LogP contribution in [-0.2, 0) is 65.4 Å². The third kappa shape index (κ3) is 77.5. The topological polar surface area (TPSA) is 237 Å². The number of aliphatic hydroxyl groups excluding tert-OH is 1. The molecule has 19 heteroatoms. The summed E-state index contributed by atoms with van der Waals surface area (Å²) in [6.45, 7) is 9.64. The molecular formula is C84H160O17P2. The zero-order chi connectivity index (χ0) is 75.6. The lowest BCUT2D eigenvalue weighted by Gasteiger charge is -2.21. The second-order valence-corrected chi connectivity index (χ2v) is 33.4. The number of phosphoric ester groups is 2. The molecule has 0 aromatic carbocycles. The molecule has 0 aliphatic carbocycles. The van der Waals surface area contributed by atoms with Crippen molar-refractivity contribution in [3.63, 3.8) is 0 Å². The van der Waals surface area contributed by atoms with E-state index in [2.05, 4.69) is 65.8 Å². The van der Waals surface area contributed by atoms with E-state index in [1.54, 1.807) is 0 Å². The first-order valence-electron chi connectivity index (χ1n) is 42.8. The van der Waals surface area contributed by atoms with Gasteiger partial charge < -0.3 is 33.8 Å². The number of aliphatic hydroxyl groups is 1. The second-order valence-electron chi connectivity index (χ2n) is 30.5. The first kappa shape index (κ1) is 101. The standard InChI is InChI=1S/C84H160O17P2/c1-7-9-11-13-15-17-19-20-25-33-38-44-50-56-62-68-83(88)100-79(72-94-81(86)66-60-54-48-42-18-16-14-12-10-8-2)74-98-102(90,91)96-70-78(85)71-97-103(92,93)99-75-80(101-84(89)69-63-57-51-45-39-34-29-24-22-27-31-36-41-47-53-59-65-77(5)6)73-95-82(87)67-61-55-49-43-37-32-28-23-21-26-30-35-40-46-52-58-64-76(3)4/h17,19-20,25,76-80,85H,7-16,18,21-24,26-75H2,1-6H3,(H,90,91)(H,92,93)/b19-17-,25-20-/t78-,79+,80+/m0/s1. The molecule has 3 N–H and O–H groups in total. The lowest BCUT2D eigenvalue weighted by atomic mass is 10.0. The molecule has 0 spiro atoms. The van der Waals surface area contributed by atoms with Crippen molar-refractivity contribution in [3.05, 3.63) is 24.3 Å². The SMILES string of the molecule is CCCCCC/C=C\C=C/CCCCCCCC(=O)O[C@H](COC(=O)CCCCCCCCCCCC)COP(=O)(O)OC[C@H](O)COP(=O)(O)OC[C@@H](COC(=O)CCCCCCCCCCCCCCCCCCC(C)C)OC(=O)CCCCCCCCCCCCCCCCCCC(C)C. The number of unbranched alkanes of at least 4 members (excludes halogenated alkanes) is 48. The monoisotopic (exact) mass is 1500 g/mol. The van der Waals surface area contributed by atoms with E-state index in [1.165, 1.54) is 225 Å². The quantitative estimate of drug-likeness (QED) is 0.0169. The molecule has 608 valence electrons. The van der Waals surface area contributed by atoms with Crippen molar-refractivity contribution in [2.75, 3.05) is 39.6 Å². The summed E-state index contributed by atoms with van der Waals surface area (Å²) >= 11 is 0. The van der Waals surface area contributed by atoms with Gasteiger partial charge >= 0.3 is 39.5 Å². The summed E-state index contributed by atoms with van der Waals surface area (Å²) in [6.07, 6.45) is 68.8. The van der Waals surface area contributed by atoms with E-state index in [0.717, 1.165) is 115 Å². The highest BCUT2D eigenvalue weighted by Crippen LogP contribution is 2.45. The Morgan fingerprint density at radius 2 is 0.524 bits per heavy atom. The Morgan fingerprint density at radius 1 is 0.301 bits per heavy atom. The molecule has 0 aliphatic rings. The third-order valence-electron chi connectivity index (χ3n) is 19.1. The van der Waals surface area contributed by atoms with E-state index >= 15 is 0 Å². The van der Waals surface area contributed by atoms with Crippen molar-refractivity contribution in [2.24, 2.45) is 11.8 Å². The molecule has 2 unspecified atom stereocenters. The lowest BCUT2D eigenvalue weighted by Crippen LogP contribution is -2.30. The highest BCUT2D eigenvalue weighted by molar-refractivity contribution is 7.47. The molecule has 0 heterocycles. The molecule has 0 aliphatic heterocycles. The minimum atomic E-state index is -4.97. The number of ether oxygens (including phenoxy) is 4. The number of phosphoric acid groups is 2. The lowest BCUT2D eigenvalue weighted by molar-refractivity contribution is -0.161. The van der Waals surface area contributed by atoms with E-state index in [9.17, 15) is 43.2 Å². The molecular weight excluding hydrogens is 1340 g/mol. The van der Waals surface area contributed by atoms with Crippen molar-refractivity contribution in [1.82, 2.24) is 0 Å². The zero-order valence-electron chi connectivity index (χ0n) is 67.1. The molecule has 0 aromatic heterocycles. The summed E-state index contributed by atoms with van der Waals surface area (Å²) < 4.78 is 68.7. The second kappa shape index (κ2) is 75.0. The summed E-state index contributed by atoms with van der Waals surface area (Å²) in [6, 6.07) is 0. The Kier molecular flexibility index (Phi) is 73.2. The highest BCUT2D eigenvalue weighted by atomic mass is 31.2. The van der Waals surface area contributed by atoms with Crippen LogP contribution in [0, 0.1) is 11.8 Å². The van der Waals surface area contributed by atoms with Gasteiger partial charge in [0.05, 0.1) is 26.4 Å². The number of carbonyl (C=O) groups excluding carboxylic acids is 4.